The highest BCUT2D eigenvalue weighted by molar-refractivity contribution is 5.94. The lowest BCUT2D eigenvalue weighted by Gasteiger charge is -2.33. The molecule has 7 heteroatoms. The molecule has 0 radical (unpaired) electrons. The van der Waals surface area contributed by atoms with E-state index < -0.39 is 0 Å². The predicted octanol–water partition coefficient (Wildman–Crippen LogP) is 2.17. The monoisotopic (exact) mass is 329 g/mol. The molecule has 3 heterocycles. The van der Waals surface area contributed by atoms with Gasteiger partial charge < -0.3 is 9.64 Å². The lowest BCUT2D eigenvalue weighted by molar-refractivity contribution is 0.0670. The van der Waals surface area contributed by atoms with E-state index in [9.17, 15) is 4.79 Å². The summed E-state index contributed by atoms with van der Waals surface area (Å²) in [4.78, 5) is 23.2. The number of pyridine rings is 1. The summed E-state index contributed by atoms with van der Waals surface area (Å²) in [6.07, 6.45) is 3.58. The molecule has 0 N–H and O–H groups in total. The van der Waals surface area contributed by atoms with E-state index in [2.05, 4.69) is 15.1 Å². The van der Waals surface area contributed by atoms with Crippen molar-refractivity contribution in [3.05, 3.63) is 35.5 Å². The number of likely N-dealkylation sites (tertiary alicyclic amines) is 1. The van der Waals surface area contributed by atoms with Crippen LogP contribution in [0.3, 0.4) is 0 Å². The number of carbonyl (C=O) groups is 1. The van der Waals surface area contributed by atoms with E-state index in [-0.39, 0.29) is 11.9 Å². The van der Waals surface area contributed by atoms with Crippen LogP contribution in [0.1, 0.15) is 47.8 Å². The third-order valence-corrected chi connectivity index (χ3v) is 4.21. The highest BCUT2D eigenvalue weighted by Gasteiger charge is 2.27. The SMILES string of the molecule is CCOc1cc(C(=O)N2CCC[C@H](n3nc(C)nc3C)C2)ccn1. The fourth-order valence-electron chi connectivity index (χ4n) is 3.17. The van der Waals surface area contributed by atoms with E-state index in [1.54, 1.807) is 18.3 Å². The first kappa shape index (κ1) is 16.4. The number of ether oxygens (including phenoxy) is 1. The van der Waals surface area contributed by atoms with Gasteiger partial charge in [0.15, 0.2) is 0 Å². The topological polar surface area (TPSA) is 73.1 Å². The zero-order chi connectivity index (χ0) is 17.1. The van der Waals surface area contributed by atoms with Gasteiger partial charge in [-0.15, -0.1) is 0 Å². The molecule has 24 heavy (non-hydrogen) atoms. The summed E-state index contributed by atoms with van der Waals surface area (Å²) in [6, 6.07) is 3.62. The molecule has 2 aromatic rings. The van der Waals surface area contributed by atoms with Crippen LogP contribution in [0.4, 0.5) is 0 Å². The second-order valence-corrected chi connectivity index (χ2v) is 6.01. The van der Waals surface area contributed by atoms with Crippen molar-refractivity contribution in [2.45, 2.75) is 39.7 Å². The fraction of sp³-hybridized carbons (Fsp3) is 0.529. The number of aromatic nitrogens is 4. The molecule has 1 aliphatic rings. The van der Waals surface area contributed by atoms with Crippen LogP contribution in [0.15, 0.2) is 18.3 Å². The number of piperidine rings is 1. The van der Waals surface area contributed by atoms with E-state index in [4.69, 9.17) is 4.74 Å². The molecule has 1 saturated heterocycles. The van der Waals surface area contributed by atoms with E-state index >= 15 is 0 Å². The van der Waals surface area contributed by atoms with Crippen molar-refractivity contribution in [3.8, 4) is 5.88 Å². The van der Waals surface area contributed by atoms with E-state index in [1.165, 1.54) is 0 Å². The van der Waals surface area contributed by atoms with Gasteiger partial charge in [0, 0.05) is 30.9 Å². The maximum atomic E-state index is 12.8. The van der Waals surface area contributed by atoms with Gasteiger partial charge in [-0.2, -0.15) is 5.10 Å². The average molecular weight is 329 g/mol. The molecule has 0 spiro atoms. The summed E-state index contributed by atoms with van der Waals surface area (Å²) < 4.78 is 7.34. The van der Waals surface area contributed by atoms with Crippen molar-refractivity contribution in [1.82, 2.24) is 24.6 Å². The maximum Gasteiger partial charge on any atom is 0.254 e. The number of nitrogens with zero attached hydrogens (tertiary/aromatic N) is 5. The predicted molar refractivity (Wildman–Crippen MR) is 89.1 cm³/mol. The summed E-state index contributed by atoms with van der Waals surface area (Å²) >= 11 is 0. The maximum absolute atomic E-state index is 12.8. The normalized spacial score (nSPS) is 17.8. The zero-order valence-corrected chi connectivity index (χ0v) is 14.4. The van der Waals surface area contributed by atoms with Crippen molar-refractivity contribution in [2.24, 2.45) is 0 Å². The van der Waals surface area contributed by atoms with Crippen LogP contribution in [0.25, 0.3) is 0 Å². The van der Waals surface area contributed by atoms with Crippen molar-refractivity contribution in [3.63, 3.8) is 0 Å². The van der Waals surface area contributed by atoms with Gasteiger partial charge in [0.25, 0.3) is 5.91 Å². The standard InChI is InChI=1S/C17H23N5O2/c1-4-24-16-10-14(7-8-18-16)17(23)21-9-5-6-15(11-21)22-13(3)19-12(2)20-22/h7-8,10,15H,4-6,9,11H2,1-3H3/t15-/m0/s1. The second-order valence-electron chi connectivity index (χ2n) is 6.01. The zero-order valence-electron chi connectivity index (χ0n) is 14.4. The molecule has 2 aromatic heterocycles. The minimum atomic E-state index is 0.0116. The molecule has 0 bridgehead atoms. The molecule has 0 unspecified atom stereocenters. The van der Waals surface area contributed by atoms with Crippen molar-refractivity contribution < 1.29 is 9.53 Å². The quantitative estimate of drug-likeness (QED) is 0.859. The first-order valence-electron chi connectivity index (χ1n) is 8.36. The Kier molecular flexibility index (Phi) is 4.78. The summed E-state index contributed by atoms with van der Waals surface area (Å²) in [6.45, 7) is 7.68. The van der Waals surface area contributed by atoms with Crippen LogP contribution in [-0.2, 0) is 0 Å². The van der Waals surface area contributed by atoms with Crippen LogP contribution < -0.4 is 4.74 Å². The fourth-order valence-corrected chi connectivity index (χ4v) is 3.17. The third-order valence-electron chi connectivity index (χ3n) is 4.21. The average Bonchev–Trinajstić information content (AvgIpc) is 2.93. The Labute approximate surface area is 141 Å². The molecule has 1 atom stereocenters. The summed E-state index contributed by atoms with van der Waals surface area (Å²) in [5.74, 6) is 2.16. The first-order chi connectivity index (χ1) is 11.6. The Morgan fingerprint density at radius 2 is 2.25 bits per heavy atom. The van der Waals surface area contributed by atoms with Crippen LogP contribution in [-0.4, -0.2) is 50.3 Å². The molecule has 0 saturated carbocycles. The molecule has 1 fully saturated rings. The smallest absolute Gasteiger partial charge is 0.254 e. The van der Waals surface area contributed by atoms with Crippen molar-refractivity contribution >= 4 is 5.91 Å². The van der Waals surface area contributed by atoms with Gasteiger partial charge in [0.2, 0.25) is 5.88 Å². The van der Waals surface area contributed by atoms with Gasteiger partial charge >= 0.3 is 0 Å². The Hall–Kier alpha value is -2.44. The Morgan fingerprint density at radius 3 is 2.96 bits per heavy atom. The Morgan fingerprint density at radius 1 is 1.42 bits per heavy atom. The van der Waals surface area contributed by atoms with E-state index in [1.807, 2.05) is 30.4 Å². The Bertz CT molecular complexity index is 728. The third kappa shape index (κ3) is 3.39. The van der Waals surface area contributed by atoms with E-state index in [0.29, 0.717) is 24.6 Å². The lowest BCUT2D eigenvalue weighted by atomic mass is 10.0. The minimum Gasteiger partial charge on any atom is -0.478 e. The van der Waals surface area contributed by atoms with Crippen LogP contribution >= 0.6 is 0 Å². The molecule has 3 rings (SSSR count). The molecular formula is C17H23N5O2. The van der Waals surface area contributed by atoms with Crippen molar-refractivity contribution in [1.29, 1.82) is 0 Å². The molecule has 0 aromatic carbocycles. The number of aryl methyl sites for hydroxylation is 2. The van der Waals surface area contributed by atoms with E-state index in [0.717, 1.165) is 31.0 Å². The van der Waals surface area contributed by atoms with Crippen LogP contribution in [0, 0.1) is 13.8 Å². The number of hydrogen-bond acceptors (Lipinski definition) is 5. The van der Waals surface area contributed by atoms with Crippen molar-refractivity contribution in [2.75, 3.05) is 19.7 Å². The van der Waals surface area contributed by atoms with Gasteiger partial charge in [-0.3, -0.25) is 4.79 Å². The Balaban J connectivity index is 1.75. The highest BCUT2D eigenvalue weighted by atomic mass is 16.5. The van der Waals surface area contributed by atoms with Gasteiger partial charge in [-0.25, -0.2) is 14.6 Å². The largest absolute Gasteiger partial charge is 0.478 e. The van der Waals surface area contributed by atoms with Crippen LogP contribution in [0.2, 0.25) is 0 Å². The van der Waals surface area contributed by atoms with Gasteiger partial charge in [-0.05, 0) is 39.7 Å². The lowest BCUT2D eigenvalue weighted by Crippen LogP contribution is -2.41. The molecule has 1 aliphatic heterocycles. The number of rotatable bonds is 4. The van der Waals surface area contributed by atoms with Crippen LogP contribution in [0.5, 0.6) is 5.88 Å². The number of hydrogen-bond donors (Lipinski definition) is 0. The minimum absolute atomic E-state index is 0.0116. The van der Waals surface area contributed by atoms with Gasteiger partial charge in [-0.1, -0.05) is 0 Å². The molecule has 128 valence electrons. The van der Waals surface area contributed by atoms with Gasteiger partial charge in [0.05, 0.1) is 12.6 Å². The second kappa shape index (κ2) is 6.98. The summed E-state index contributed by atoms with van der Waals surface area (Å²) in [5, 5.41) is 4.48. The molecule has 0 aliphatic carbocycles. The number of amides is 1. The van der Waals surface area contributed by atoms with Gasteiger partial charge in [0.1, 0.15) is 11.6 Å². The highest BCUT2D eigenvalue weighted by Crippen LogP contribution is 2.24. The summed E-state index contributed by atoms with van der Waals surface area (Å²) in [5.41, 5.74) is 0.612. The summed E-state index contributed by atoms with van der Waals surface area (Å²) in [7, 11) is 0. The molecular weight excluding hydrogens is 306 g/mol. The molecule has 1 amide bonds. The first-order valence-corrected chi connectivity index (χ1v) is 8.36. The molecule has 7 nitrogen and oxygen atoms in total. The number of carbonyl (C=O) groups excluding carboxylic acids is 1.